The summed E-state index contributed by atoms with van der Waals surface area (Å²) >= 11 is 0. The molecule has 0 spiro atoms. The van der Waals surface area contributed by atoms with Gasteiger partial charge in [0.15, 0.2) is 11.6 Å². The van der Waals surface area contributed by atoms with Gasteiger partial charge >= 0.3 is 0 Å². The quantitative estimate of drug-likeness (QED) is 0.786. The molecule has 15 heavy (non-hydrogen) atoms. The number of hydrogen-bond acceptors (Lipinski definition) is 5. The molecule has 0 unspecified atom stereocenters. The zero-order valence-corrected chi connectivity index (χ0v) is 8.40. The summed E-state index contributed by atoms with van der Waals surface area (Å²) in [4.78, 5) is 8.54. The third kappa shape index (κ3) is 1.97. The summed E-state index contributed by atoms with van der Waals surface area (Å²) in [6.07, 6.45) is 1.59. The summed E-state index contributed by atoms with van der Waals surface area (Å²) in [6.45, 7) is 0.380. The lowest BCUT2D eigenvalue weighted by molar-refractivity contribution is 0.577. The van der Waals surface area contributed by atoms with E-state index in [0.29, 0.717) is 18.1 Å². The SMILES string of the molecule is CNc1cc(CN)nc(-c2ccco2)n1. The molecule has 5 nitrogen and oxygen atoms in total. The molecule has 0 saturated carbocycles. The topological polar surface area (TPSA) is 77.0 Å². The summed E-state index contributed by atoms with van der Waals surface area (Å²) in [5.74, 6) is 1.92. The minimum absolute atomic E-state index is 0.380. The van der Waals surface area contributed by atoms with E-state index < -0.39 is 0 Å². The Morgan fingerprint density at radius 1 is 1.47 bits per heavy atom. The third-order valence-corrected chi connectivity index (χ3v) is 1.99. The van der Waals surface area contributed by atoms with Gasteiger partial charge in [-0.25, -0.2) is 9.97 Å². The highest BCUT2D eigenvalue weighted by molar-refractivity contribution is 5.51. The monoisotopic (exact) mass is 204 g/mol. The Morgan fingerprint density at radius 2 is 2.33 bits per heavy atom. The fourth-order valence-electron chi connectivity index (χ4n) is 1.25. The Labute approximate surface area is 87.3 Å². The van der Waals surface area contributed by atoms with Crippen molar-refractivity contribution in [3.63, 3.8) is 0 Å². The maximum atomic E-state index is 5.55. The number of aromatic nitrogens is 2. The standard InChI is InChI=1S/C10H12N4O/c1-12-9-5-7(6-11)13-10(14-9)8-3-2-4-15-8/h2-5H,6,11H2,1H3,(H,12,13,14). The van der Waals surface area contributed by atoms with Crippen LogP contribution >= 0.6 is 0 Å². The zero-order chi connectivity index (χ0) is 10.7. The highest BCUT2D eigenvalue weighted by Crippen LogP contribution is 2.17. The lowest BCUT2D eigenvalue weighted by atomic mass is 10.3. The molecule has 0 radical (unpaired) electrons. The molecule has 3 N–H and O–H groups in total. The Morgan fingerprint density at radius 3 is 2.93 bits per heavy atom. The highest BCUT2D eigenvalue weighted by Gasteiger charge is 2.07. The molecule has 5 heteroatoms. The van der Waals surface area contributed by atoms with E-state index in [1.54, 1.807) is 19.4 Å². The van der Waals surface area contributed by atoms with E-state index in [1.807, 2.05) is 12.1 Å². The van der Waals surface area contributed by atoms with Crippen molar-refractivity contribution in [2.45, 2.75) is 6.54 Å². The lowest BCUT2D eigenvalue weighted by Gasteiger charge is -2.04. The first kappa shape index (κ1) is 9.67. The fourth-order valence-corrected chi connectivity index (χ4v) is 1.25. The molecule has 0 bridgehead atoms. The van der Waals surface area contributed by atoms with E-state index in [2.05, 4.69) is 15.3 Å². The summed E-state index contributed by atoms with van der Waals surface area (Å²) in [5, 5.41) is 2.96. The summed E-state index contributed by atoms with van der Waals surface area (Å²) in [5.41, 5.74) is 6.33. The van der Waals surface area contributed by atoms with Crippen LogP contribution in [0.25, 0.3) is 11.6 Å². The van der Waals surface area contributed by atoms with Crippen molar-refractivity contribution in [2.24, 2.45) is 5.73 Å². The summed E-state index contributed by atoms with van der Waals surface area (Å²) in [7, 11) is 1.80. The average Bonchev–Trinajstić information content (AvgIpc) is 2.81. The molecular formula is C10H12N4O. The molecule has 0 aliphatic rings. The second-order valence-corrected chi connectivity index (χ2v) is 3.00. The van der Waals surface area contributed by atoms with Gasteiger partial charge in [-0.3, -0.25) is 0 Å². The van der Waals surface area contributed by atoms with E-state index in [4.69, 9.17) is 10.2 Å². The van der Waals surface area contributed by atoms with Gasteiger partial charge in [-0.2, -0.15) is 0 Å². The first-order chi connectivity index (χ1) is 7.33. The van der Waals surface area contributed by atoms with Crippen LogP contribution < -0.4 is 11.1 Å². The molecule has 78 valence electrons. The number of nitrogens with one attached hydrogen (secondary N) is 1. The van der Waals surface area contributed by atoms with Crippen LogP contribution in [0.15, 0.2) is 28.9 Å². The van der Waals surface area contributed by atoms with E-state index in [1.165, 1.54) is 0 Å². The van der Waals surface area contributed by atoms with Gasteiger partial charge in [-0.1, -0.05) is 0 Å². The van der Waals surface area contributed by atoms with Crippen molar-refractivity contribution < 1.29 is 4.42 Å². The fraction of sp³-hybridized carbons (Fsp3) is 0.200. The van der Waals surface area contributed by atoms with E-state index >= 15 is 0 Å². The van der Waals surface area contributed by atoms with Gasteiger partial charge in [-0.05, 0) is 12.1 Å². The van der Waals surface area contributed by atoms with Crippen LogP contribution in [0.4, 0.5) is 5.82 Å². The molecule has 2 rings (SSSR count). The minimum atomic E-state index is 0.380. The van der Waals surface area contributed by atoms with Crippen molar-refractivity contribution >= 4 is 5.82 Å². The first-order valence-corrected chi connectivity index (χ1v) is 4.63. The van der Waals surface area contributed by atoms with Crippen molar-refractivity contribution in [1.82, 2.24) is 9.97 Å². The molecule has 2 heterocycles. The smallest absolute Gasteiger partial charge is 0.197 e. The van der Waals surface area contributed by atoms with Crippen LogP contribution in [-0.4, -0.2) is 17.0 Å². The molecule has 0 saturated heterocycles. The molecule has 0 aliphatic heterocycles. The Kier molecular flexibility index (Phi) is 2.64. The summed E-state index contributed by atoms with van der Waals surface area (Å²) in [6, 6.07) is 5.42. The van der Waals surface area contributed by atoms with Gasteiger partial charge in [0.1, 0.15) is 5.82 Å². The molecule has 0 atom stereocenters. The van der Waals surface area contributed by atoms with Crippen LogP contribution in [0.2, 0.25) is 0 Å². The Bertz CT molecular complexity index is 416. The van der Waals surface area contributed by atoms with Gasteiger partial charge in [0.25, 0.3) is 0 Å². The van der Waals surface area contributed by atoms with Crippen LogP contribution in [-0.2, 0) is 6.54 Å². The maximum absolute atomic E-state index is 5.55. The van der Waals surface area contributed by atoms with Gasteiger partial charge in [-0.15, -0.1) is 0 Å². The van der Waals surface area contributed by atoms with Crippen LogP contribution in [0.1, 0.15) is 5.69 Å². The second-order valence-electron chi connectivity index (χ2n) is 3.00. The normalized spacial score (nSPS) is 10.3. The molecule has 0 aliphatic carbocycles. The molecule has 0 amide bonds. The first-order valence-electron chi connectivity index (χ1n) is 4.63. The summed E-state index contributed by atoms with van der Waals surface area (Å²) < 4.78 is 5.22. The predicted octanol–water partition coefficient (Wildman–Crippen LogP) is 1.24. The van der Waals surface area contributed by atoms with Crippen molar-refractivity contribution in [3.8, 4) is 11.6 Å². The molecule has 2 aromatic heterocycles. The second kappa shape index (κ2) is 4.10. The van der Waals surface area contributed by atoms with Crippen molar-refractivity contribution in [2.75, 3.05) is 12.4 Å². The van der Waals surface area contributed by atoms with Gasteiger partial charge < -0.3 is 15.5 Å². The largest absolute Gasteiger partial charge is 0.461 e. The van der Waals surface area contributed by atoms with Crippen molar-refractivity contribution in [3.05, 3.63) is 30.2 Å². The van der Waals surface area contributed by atoms with E-state index in [-0.39, 0.29) is 0 Å². The van der Waals surface area contributed by atoms with Crippen LogP contribution in [0.5, 0.6) is 0 Å². The number of nitrogens with two attached hydrogens (primary N) is 1. The predicted molar refractivity (Wildman–Crippen MR) is 57.2 cm³/mol. The minimum Gasteiger partial charge on any atom is -0.461 e. The lowest BCUT2D eigenvalue weighted by Crippen LogP contribution is -2.04. The molecular weight excluding hydrogens is 192 g/mol. The molecule has 0 aromatic carbocycles. The number of furan rings is 1. The maximum Gasteiger partial charge on any atom is 0.197 e. The van der Waals surface area contributed by atoms with Crippen molar-refractivity contribution in [1.29, 1.82) is 0 Å². The van der Waals surface area contributed by atoms with E-state index in [0.717, 1.165) is 11.5 Å². The molecule has 0 fully saturated rings. The van der Waals surface area contributed by atoms with Gasteiger partial charge in [0.05, 0.1) is 12.0 Å². The Balaban J connectivity index is 2.47. The zero-order valence-electron chi connectivity index (χ0n) is 8.40. The number of hydrogen-bond donors (Lipinski definition) is 2. The van der Waals surface area contributed by atoms with Gasteiger partial charge in [0, 0.05) is 19.7 Å². The van der Waals surface area contributed by atoms with Crippen LogP contribution in [0, 0.1) is 0 Å². The average molecular weight is 204 g/mol. The van der Waals surface area contributed by atoms with Gasteiger partial charge in [0.2, 0.25) is 0 Å². The molecule has 2 aromatic rings. The van der Waals surface area contributed by atoms with E-state index in [9.17, 15) is 0 Å². The number of nitrogens with zero attached hydrogens (tertiary/aromatic N) is 2. The number of rotatable bonds is 3. The third-order valence-electron chi connectivity index (χ3n) is 1.99. The highest BCUT2D eigenvalue weighted by atomic mass is 16.3. The van der Waals surface area contributed by atoms with Crippen LogP contribution in [0.3, 0.4) is 0 Å². The Hall–Kier alpha value is -1.88. The number of anilines is 1.